The van der Waals surface area contributed by atoms with Gasteiger partial charge in [0.05, 0.1) is 17.5 Å². The fourth-order valence-corrected chi connectivity index (χ4v) is 4.62. The molecule has 0 fully saturated rings. The van der Waals surface area contributed by atoms with Crippen LogP contribution < -0.4 is 9.62 Å². The molecule has 0 radical (unpaired) electrons. The van der Waals surface area contributed by atoms with Crippen LogP contribution in [0, 0.1) is 6.92 Å². The fraction of sp³-hybridized carbons (Fsp3) is 0.462. The average molecular weight is 542 g/mol. The molecule has 11 heteroatoms. The first kappa shape index (κ1) is 30.1. The van der Waals surface area contributed by atoms with Gasteiger partial charge in [-0.25, -0.2) is 8.42 Å². The number of anilines is 1. The number of alkyl halides is 3. The summed E-state index contributed by atoms with van der Waals surface area (Å²) < 4.78 is 65.7. The molecule has 0 saturated carbocycles. The van der Waals surface area contributed by atoms with Gasteiger partial charge in [0.1, 0.15) is 12.6 Å². The topological polar surface area (TPSA) is 86.8 Å². The van der Waals surface area contributed by atoms with Crippen LogP contribution in [0.5, 0.6) is 0 Å². The van der Waals surface area contributed by atoms with Crippen molar-refractivity contribution in [3.8, 4) is 0 Å². The van der Waals surface area contributed by atoms with E-state index in [4.69, 9.17) is 0 Å². The largest absolute Gasteiger partial charge is 0.416 e. The number of carbonyl (C=O) groups excluding carboxylic acids is 2. The van der Waals surface area contributed by atoms with Crippen LogP contribution in [0.25, 0.3) is 0 Å². The molecule has 0 spiro atoms. The minimum absolute atomic E-state index is 0.0259. The molecular formula is C26H34F3N3O4S. The van der Waals surface area contributed by atoms with Crippen LogP contribution in [0.3, 0.4) is 0 Å². The highest BCUT2D eigenvalue weighted by Crippen LogP contribution is 2.32. The zero-order valence-electron chi connectivity index (χ0n) is 21.7. The van der Waals surface area contributed by atoms with E-state index >= 15 is 0 Å². The minimum atomic E-state index is -4.69. The van der Waals surface area contributed by atoms with Crippen LogP contribution >= 0.6 is 0 Å². The van der Waals surface area contributed by atoms with E-state index in [1.165, 1.54) is 11.0 Å². The van der Waals surface area contributed by atoms with Gasteiger partial charge in [-0.15, -0.1) is 0 Å². The predicted octanol–water partition coefficient (Wildman–Crippen LogP) is 4.50. The predicted molar refractivity (Wildman–Crippen MR) is 137 cm³/mol. The highest BCUT2D eigenvalue weighted by molar-refractivity contribution is 7.92. The van der Waals surface area contributed by atoms with Crippen LogP contribution in [0.2, 0.25) is 0 Å². The number of aryl methyl sites for hydroxylation is 1. The van der Waals surface area contributed by atoms with Gasteiger partial charge in [0.2, 0.25) is 21.8 Å². The van der Waals surface area contributed by atoms with Gasteiger partial charge in [-0.1, -0.05) is 44.2 Å². The van der Waals surface area contributed by atoms with Crippen LogP contribution in [0.4, 0.5) is 18.9 Å². The maximum absolute atomic E-state index is 13.6. The molecule has 1 N–H and O–H groups in total. The van der Waals surface area contributed by atoms with Crippen molar-refractivity contribution >= 4 is 27.5 Å². The third-order valence-corrected chi connectivity index (χ3v) is 7.27. The number of hydrogen-bond acceptors (Lipinski definition) is 4. The Hall–Kier alpha value is -3.08. The molecule has 0 aromatic heterocycles. The first-order chi connectivity index (χ1) is 17.2. The second-order valence-corrected chi connectivity index (χ2v) is 10.9. The number of hydrogen-bond donors (Lipinski definition) is 1. The van der Waals surface area contributed by atoms with Crippen molar-refractivity contribution in [2.24, 2.45) is 0 Å². The van der Waals surface area contributed by atoms with Crippen molar-refractivity contribution in [2.75, 3.05) is 17.1 Å². The molecule has 0 saturated heterocycles. The lowest BCUT2D eigenvalue weighted by Crippen LogP contribution is -2.53. The number of nitrogens with one attached hydrogen (secondary N) is 1. The van der Waals surface area contributed by atoms with E-state index in [1.54, 1.807) is 19.1 Å². The summed E-state index contributed by atoms with van der Waals surface area (Å²) in [6, 6.07) is 10.0. The van der Waals surface area contributed by atoms with Crippen molar-refractivity contribution < 1.29 is 31.2 Å². The second kappa shape index (κ2) is 12.4. The van der Waals surface area contributed by atoms with E-state index in [2.05, 4.69) is 5.32 Å². The van der Waals surface area contributed by atoms with E-state index in [9.17, 15) is 31.2 Å². The minimum Gasteiger partial charge on any atom is -0.352 e. The monoisotopic (exact) mass is 541 g/mol. The Morgan fingerprint density at radius 2 is 1.68 bits per heavy atom. The lowest BCUT2D eigenvalue weighted by molar-refractivity contribution is -0.140. The summed E-state index contributed by atoms with van der Waals surface area (Å²) in [6.07, 6.45) is -2.95. The van der Waals surface area contributed by atoms with Crippen molar-refractivity contribution in [3.63, 3.8) is 0 Å². The highest BCUT2D eigenvalue weighted by atomic mass is 32.2. The molecule has 0 heterocycles. The number of benzene rings is 2. The number of nitrogens with zero attached hydrogens (tertiary/aromatic N) is 2. The van der Waals surface area contributed by atoms with Gasteiger partial charge in [0, 0.05) is 12.6 Å². The Morgan fingerprint density at radius 3 is 2.22 bits per heavy atom. The molecule has 37 heavy (non-hydrogen) atoms. The Labute approximate surface area is 216 Å². The van der Waals surface area contributed by atoms with Gasteiger partial charge in [-0.05, 0) is 56.0 Å². The van der Waals surface area contributed by atoms with Crippen LogP contribution in [-0.4, -0.2) is 50.0 Å². The lowest BCUT2D eigenvalue weighted by atomic mass is 10.1. The molecular weight excluding hydrogens is 507 g/mol. The Bertz CT molecular complexity index is 1200. The van der Waals surface area contributed by atoms with E-state index in [0.29, 0.717) is 16.8 Å². The number of amides is 2. The van der Waals surface area contributed by atoms with Crippen molar-refractivity contribution in [1.82, 2.24) is 10.2 Å². The molecule has 7 nitrogen and oxygen atoms in total. The smallest absolute Gasteiger partial charge is 0.352 e. The molecule has 2 rings (SSSR count). The molecule has 0 aliphatic heterocycles. The molecule has 0 aliphatic rings. The zero-order chi connectivity index (χ0) is 28.0. The van der Waals surface area contributed by atoms with Gasteiger partial charge in [-0.2, -0.15) is 13.2 Å². The van der Waals surface area contributed by atoms with Crippen molar-refractivity contribution in [1.29, 1.82) is 0 Å². The van der Waals surface area contributed by atoms with Crippen LogP contribution in [-0.2, 0) is 32.3 Å². The number of halogens is 3. The SMILES string of the molecule is CC[C@@H](C)NC(=O)[C@@H](CC)N(Cc1ccccc1C)C(=O)CN(c1cccc(C(F)(F)F)c1)S(C)(=O)=O. The first-order valence-electron chi connectivity index (χ1n) is 12.0. The maximum atomic E-state index is 13.6. The van der Waals surface area contributed by atoms with Gasteiger partial charge in [0.25, 0.3) is 0 Å². The zero-order valence-corrected chi connectivity index (χ0v) is 22.5. The highest BCUT2D eigenvalue weighted by Gasteiger charge is 2.34. The Balaban J connectivity index is 2.51. The number of sulfonamides is 1. The van der Waals surface area contributed by atoms with Gasteiger partial charge in [0.15, 0.2) is 0 Å². The molecule has 0 unspecified atom stereocenters. The molecule has 0 bridgehead atoms. The summed E-state index contributed by atoms with van der Waals surface area (Å²) in [4.78, 5) is 28.1. The number of carbonyl (C=O) groups is 2. The van der Waals surface area contributed by atoms with Gasteiger partial charge >= 0.3 is 6.18 Å². The summed E-state index contributed by atoms with van der Waals surface area (Å²) in [5, 5.41) is 2.87. The van der Waals surface area contributed by atoms with E-state index < -0.39 is 40.3 Å². The normalized spacial score (nSPS) is 13.5. The Morgan fingerprint density at radius 1 is 1.03 bits per heavy atom. The summed E-state index contributed by atoms with van der Waals surface area (Å²) >= 11 is 0. The third kappa shape index (κ3) is 8.21. The molecule has 2 amide bonds. The van der Waals surface area contributed by atoms with Crippen LogP contribution in [0.1, 0.15) is 50.3 Å². The third-order valence-electron chi connectivity index (χ3n) is 6.13. The first-order valence-corrected chi connectivity index (χ1v) is 13.8. The summed E-state index contributed by atoms with van der Waals surface area (Å²) in [5.41, 5.74) is 0.298. The average Bonchev–Trinajstić information content (AvgIpc) is 2.82. The molecule has 204 valence electrons. The molecule has 2 aromatic rings. The maximum Gasteiger partial charge on any atom is 0.416 e. The molecule has 2 atom stereocenters. The van der Waals surface area contributed by atoms with Crippen molar-refractivity contribution in [3.05, 3.63) is 65.2 Å². The summed E-state index contributed by atoms with van der Waals surface area (Å²) in [5.74, 6) is -1.10. The summed E-state index contributed by atoms with van der Waals surface area (Å²) in [7, 11) is -4.15. The van der Waals surface area contributed by atoms with Gasteiger partial charge in [-0.3, -0.25) is 13.9 Å². The fourth-order valence-electron chi connectivity index (χ4n) is 3.78. The molecule has 2 aromatic carbocycles. The number of rotatable bonds is 11. The molecule has 0 aliphatic carbocycles. The lowest BCUT2D eigenvalue weighted by Gasteiger charge is -2.33. The van der Waals surface area contributed by atoms with E-state index in [-0.39, 0.29) is 30.6 Å². The van der Waals surface area contributed by atoms with E-state index in [0.717, 1.165) is 29.5 Å². The van der Waals surface area contributed by atoms with Gasteiger partial charge < -0.3 is 10.2 Å². The quantitative estimate of drug-likeness (QED) is 0.454. The second-order valence-electron chi connectivity index (χ2n) is 9.01. The standard InChI is InChI=1S/C26H34F3N3O4S/c1-6-19(4)30-25(34)23(7-2)31(16-20-12-9-8-11-18(20)3)24(33)17-32(37(5,35)36)22-14-10-13-21(15-22)26(27,28)29/h8-15,19,23H,6-7,16-17H2,1-5H3,(H,30,34)/t19-,23-/m1/s1. The Kier molecular flexibility index (Phi) is 10.1. The summed E-state index contributed by atoms with van der Waals surface area (Å²) in [6.45, 7) is 6.58. The van der Waals surface area contributed by atoms with Crippen LogP contribution in [0.15, 0.2) is 48.5 Å². The van der Waals surface area contributed by atoms with Crippen molar-refractivity contribution in [2.45, 2.75) is 65.3 Å². The van der Waals surface area contributed by atoms with E-state index in [1.807, 2.05) is 32.9 Å².